The molecule has 0 aromatic heterocycles. The minimum absolute atomic E-state index is 0.0837. The zero-order valence-corrected chi connectivity index (χ0v) is 14.4. The average Bonchev–Trinajstić information content (AvgIpc) is 3.12. The van der Waals surface area contributed by atoms with Gasteiger partial charge in [0.15, 0.2) is 0 Å². The molecule has 146 valence electrons. The van der Waals surface area contributed by atoms with Gasteiger partial charge in [0.1, 0.15) is 5.82 Å². The van der Waals surface area contributed by atoms with Crippen molar-refractivity contribution in [1.82, 2.24) is 10.2 Å². The molecule has 0 saturated heterocycles. The Bertz CT molecular complexity index is 1110. The van der Waals surface area contributed by atoms with Crippen LogP contribution in [0.25, 0.3) is 22.0 Å². The Morgan fingerprint density at radius 3 is 2.04 bits per heavy atom. The van der Waals surface area contributed by atoms with E-state index in [2.05, 4.69) is 15.5 Å². The lowest BCUT2D eigenvalue weighted by molar-refractivity contribution is -0.143. The van der Waals surface area contributed by atoms with Crippen molar-refractivity contribution >= 4 is 33.9 Å². The van der Waals surface area contributed by atoms with Gasteiger partial charge in [-0.3, -0.25) is 10.2 Å². The van der Waals surface area contributed by atoms with E-state index in [0.717, 1.165) is 10.8 Å². The van der Waals surface area contributed by atoms with Crippen LogP contribution in [0.15, 0.2) is 42.5 Å². The van der Waals surface area contributed by atoms with Crippen molar-refractivity contribution in [3.05, 3.63) is 58.6 Å². The number of anilines is 2. The van der Waals surface area contributed by atoms with Crippen LogP contribution in [0.4, 0.5) is 37.8 Å². The molecule has 28 heavy (non-hydrogen) atoms. The summed E-state index contributed by atoms with van der Waals surface area (Å²) in [5.41, 5.74) is -1.91. The van der Waals surface area contributed by atoms with Crippen molar-refractivity contribution < 1.29 is 26.3 Å². The Morgan fingerprint density at radius 2 is 1.43 bits per heavy atom. The summed E-state index contributed by atoms with van der Waals surface area (Å²) < 4.78 is 78.1. The van der Waals surface area contributed by atoms with Crippen LogP contribution in [0, 0.1) is 0 Å². The summed E-state index contributed by atoms with van der Waals surface area (Å²) in [7, 11) is 0. The van der Waals surface area contributed by atoms with E-state index in [1.54, 1.807) is 24.3 Å². The van der Waals surface area contributed by atoms with Crippen LogP contribution in [-0.4, -0.2) is 10.2 Å². The highest BCUT2D eigenvalue weighted by molar-refractivity contribution is 6.31. The molecular weight excluding hydrogens is 408 g/mol. The lowest BCUT2D eigenvalue weighted by atomic mass is 10.1. The molecule has 2 aromatic carbocycles. The fourth-order valence-electron chi connectivity index (χ4n) is 3.05. The molecule has 0 fully saturated rings. The Balaban J connectivity index is 1.78. The zero-order chi connectivity index (χ0) is 20.3. The second-order valence-electron chi connectivity index (χ2n) is 6.21. The molecule has 3 N–H and O–H groups in total. The molecule has 2 aliphatic rings. The molecule has 0 spiro atoms. The summed E-state index contributed by atoms with van der Waals surface area (Å²) in [6.07, 6.45) is -9.83. The van der Waals surface area contributed by atoms with Crippen molar-refractivity contribution in [2.75, 3.05) is 5.32 Å². The van der Waals surface area contributed by atoms with E-state index in [9.17, 15) is 26.3 Å². The average molecular weight is 418 g/mol. The minimum Gasteiger partial charge on any atom is -0.340 e. The van der Waals surface area contributed by atoms with Gasteiger partial charge in [0.25, 0.3) is 0 Å². The number of aromatic nitrogens is 2. The number of hydrogen-bond donors (Lipinski definition) is 3. The van der Waals surface area contributed by atoms with Crippen molar-refractivity contribution in [3.63, 3.8) is 0 Å². The van der Waals surface area contributed by atoms with Crippen LogP contribution in [0.3, 0.4) is 0 Å². The van der Waals surface area contributed by atoms with Crippen LogP contribution in [0.1, 0.15) is 11.1 Å². The first-order valence-electron chi connectivity index (χ1n) is 7.87. The topological polar surface area (TPSA) is 43.6 Å². The molecule has 0 saturated carbocycles. The molecule has 0 amide bonds. The fraction of sp³-hybridized carbons (Fsp3) is 0.111. The first kappa shape index (κ1) is 18.5. The zero-order valence-electron chi connectivity index (χ0n) is 13.7. The maximum Gasteiger partial charge on any atom is 0.416 e. The van der Waals surface area contributed by atoms with Gasteiger partial charge in [0.2, 0.25) is 0 Å². The Labute approximate surface area is 158 Å². The first-order chi connectivity index (χ1) is 13.0. The first-order valence-corrected chi connectivity index (χ1v) is 8.25. The van der Waals surface area contributed by atoms with E-state index in [-0.39, 0.29) is 17.6 Å². The number of alkyl halides is 6. The van der Waals surface area contributed by atoms with Gasteiger partial charge < -0.3 is 5.32 Å². The van der Waals surface area contributed by atoms with E-state index in [1.165, 1.54) is 0 Å². The maximum atomic E-state index is 13.0. The molecule has 2 aromatic rings. The van der Waals surface area contributed by atoms with Gasteiger partial charge in [-0.25, -0.2) is 0 Å². The second-order valence-corrected chi connectivity index (χ2v) is 6.65. The molecule has 4 rings (SSSR count). The van der Waals surface area contributed by atoms with Gasteiger partial charge in [0, 0.05) is 21.7 Å². The SMILES string of the molecule is FC(F)(F)c1cc(Nc2[nH][nH]c3c4ccc(Cl)cc4cc2-3)cc(C(F)(F)F)c1. The minimum atomic E-state index is -4.92. The molecule has 3 nitrogen and oxygen atoms in total. The predicted molar refractivity (Wildman–Crippen MR) is 94.0 cm³/mol. The Hall–Kier alpha value is -2.81. The molecular formula is C18H10ClF6N3. The summed E-state index contributed by atoms with van der Waals surface area (Å²) in [6.45, 7) is 0. The van der Waals surface area contributed by atoms with Crippen LogP contribution >= 0.6 is 11.6 Å². The van der Waals surface area contributed by atoms with Gasteiger partial charge in [-0.15, -0.1) is 0 Å². The Kier molecular flexibility index (Phi) is 4.04. The van der Waals surface area contributed by atoms with E-state index in [0.29, 0.717) is 28.4 Å². The smallest absolute Gasteiger partial charge is 0.340 e. The second kappa shape index (κ2) is 6.10. The summed E-state index contributed by atoms with van der Waals surface area (Å²) in [5.74, 6) is 0.231. The quantitative estimate of drug-likeness (QED) is 0.301. The van der Waals surface area contributed by atoms with Crippen LogP contribution < -0.4 is 5.32 Å². The largest absolute Gasteiger partial charge is 0.416 e. The fourth-order valence-corrected chi connectivity index (χ4v) is 3.23. The predicted octanol–water partition coefficient (Wildman–Crippen LogP) is 7.04. The molecule has 0 radical (unpaired) electrons. The lowest BCUT2D eigenvalue weighted by Gasteiger charge is -2.15. The highest BCUT2D eigenvalue weighted by atomic mass is 35.5. The van der Waals surface area contributed by atoms with Crippen molar-refractivity contribution in [1.29, 1.82) is 0 Å². The van der Waals surface area contributed by atoms with E-state index in [4.69, 9.17) is 11.6 Å². The maximum absolute atomic E-state index is 13.0. The van der Waals surface area contributed by atoms with Gasteiger partial charge in [-0.05, 0) is 41.8 Å². The summed E-state index contributed by atoms with van der Waals surface area (Å²) in [6, 6.07) is 8.22. The van der Waals surface area contributed by atoms with Crippen LogP contribution in [-0.2, 0) is 12.4 Å². The molecule has 0 atom stereocenters. The molecule has 1 aliphatic heterocycles. The summed E-state index contributed by atoms with van der Waals surface area (Å²) in [4.78, 5) is 0. The third-order valence-corrected chi connectivity index (χ3v) is 4.53. The van der Waals surface area contributed by atoms with Crippen molar-refractivity contribution in [2.24, 2.45) is 0 Å². The lowest BCUT2D eigenvalue weighted by Crippen LogP contribution is -2.11. The third kappa shape index (κ3) is 3.26. The van der Waals surface area contributed by atoms with Gasteiger partial charge in [-0.1, -0.05) is 17.7 Å². The van der Waals surface area contributed by atoms with Gasteiger partial charge in [0.05, 0.1) is 16.8 Å². The van der Waals surface area contributed by atoms with Gasteiger partial charge >= 0.3 is 12.4 Å². The number of H-pyrrole nitrogens is 2. The van der Waals surface area contributed by atoms with E-state index < -0.39 is 23.5 Å². The molecule has 0 bridgehead atoms. The van der Waals surface area contributed by atoms with Crippen LogP contribution in [0.2, 0.25) is 5.02 Å². The number of benzene rings is 2. The number of nitrogens with one attached hydrogen (secondary N) is 3. The standard InChI is InChI=1S/C18H10ClF6N3/c19-11-1-2-13-8(3-11)4-14-15(13)27-28-16(14)26-12-6-9(17(20,21)22)5-10(7-12)18(23,24)25/h1-7,26-28H. The summed E-state index contributed by atoms with van der Waals surface area (Å²) in [5, 5.41) is 10.3. The van der Waals surface area contributed by atoms with Crippen LogP contribution in [0.5, 0.6) is 0 Å². The van der Waals surface area contributed by atoms with Crippen molar-refractivity contribution in [2.45, 2.75) is 12.4 Å². The molecule has 10 heteroatoms. The normalized spacial score (nSPS) is 12.8. The number of fused-ring (bicyclic) bond motifs is 3. The number of hydrogen-bond acceptors (Lipinski definition) is 1. The van der Waals surface area contributed by atoms with Crippen molar-refractivity contribution in [3.8, 4) is 11.3 Å². The molecule has 1 aliphatic carbocycles. The highest BCUT2D eigenvalue weighted by Gasteiger charge is 2.37. The highest BCUT2D eigenvalue weighted by Crippen LogP contribution is 2.41. The number of halogens is 7. The Morgan fingerprint density at radius 1 is 0.786 bits per heavy atom. The number of rotatable bonds is 2. The monoisotopic (exact) mass is 417 g/mol. The van der Waals surface area contributed by atoms with Gasteiger partial charge in [-0.2, -0.15) is 26.3 Å². The molecule has 1 heterocycles. The third-order valence-electron chi connectivity index (χ3n) is 4.29. The molecule has 0 unspecified atom stereocenters. The number of aromatic amines is 2. The summed E-state index contributed by atoms with van der Waals surface area (Å²) >= 11 is 5.96. The van der Waals surface area contributed by atoms with E-state index in [1.807, 2.05) is 0 Å². The van der Waals surface area contributed by atoms with E-state index >= 15 is 0 Å².